The number of methoxy groups -OCH3 is 2. The molecule has 3 heterocycles. The number of rotatable bonds is 14. The van der Waals surface area contributed by atoms with Crippen LogP contribution in [-0.2, 0) is 25.0 Å². The fraction of sp³-hybridized carbons (Fsp3) is 0.449. The summed E-state index contributed by atoms with van der Waals surface area (Å²) in [7, 11) is 2.48. The van der Waals surface area contributed by atoms with Crippen LogP contribution in [0.4, 0.5) is 18.4 Å². The number of hydrogen-bond acceptors (Lipinski definition) is 9. The Hall–Kier alpha value is -6.83. The first-order chi connectivity index (χ1) is 31.5. The lowest BCUT2D eigenvalue weighted by atomic mass is 9.98. The number of benzene rings is 3. The van der Waals surface area contributed by atoms with E-state index in [1.165, 1.54) is 31.3 Å². The van der Waals surface area contributed by atoms with Gasteiger partial charge >= 0.3 is 12.2 Å². The summed E-state index contributed by atoms with van der Waals surface area (Å²) in [5, 5.41) is 14.8. The van der Waals surface area contributed by atoms with E-state index >= 15 is 8.78 Å². The van der Waals surface area contributed by atoms with Crippen molar-refractivity contribution in [3.05, 3.63) is 83.6 Å². The Morgan fingerprint density at radius 1 is 0.894 bits per heavy atom. The number of fused-ring (bicyclic) bond motifs is 4. The number of H-pyrrole nitrogens is 2. The van der Waals surface area contributed by atoms with Crippen LogP contribution in [0.1, 0.15) is 102 Å². The summed E-state index contributed by atoms with van der Waals surface area (Å²) in [6.07, 6.45) is 3.36. The number of alkyl carbamates (subject to hydrolysis) is 2. The normalized spacial score (nSPS) is 17.8. The maximum atomic E-state index is 16.7. The highest BCUT2D eigenvalue weighted by Gasteiger charge is 2.55. The van der Waals surface area contributed by atoms with E-state index in [4.69, 9.17) is 14.5 Å². The summed E-state index contributed by atoms with van der Waals surface area (Å²) in [4.78, 5) is 71.8. The number of alkyl halides is 2. The molecule has 1 saturated carbocycles. The minimum absolute atomic E-state index is 0.0251. The zero-order valence-electron chi connectivity index (χ0n) is 38.1. The molecule has 3 aliphatic rings. The van der Waals surface area contributed by atoms with Crippen molar-refractivity contribution in [2.75, 3.05) is 27.3 Å². The molecule has 5 aromatic rings. The lowest BCUT2D eigenvalue weighted by Crippen LogP contribution is -2.52. The molecule has 8 rings (SSSR count). The monoisotopic (exact) mass is 903 g/mol. The van der Waals surface area contributed by atoms with E-state index < -0.39 is 42.1 Å². The fourth-order valence-corrected chi connectivity index (χ4v) is 9.57. The van der Waals surface area contributed by atoms with Gasteiger partial charge in [0, 0.05) is 29.8 Å². The SMILES string of the molecule is CC[C@@H](c1ncc(-c2ccc3c(c2)C(F)(F)c2cc(-c4ccc5nc([C@@H]6CC7(CC7)CN6C(=O)[C@@H](NC(=O)OC)C(C)C)[nH]c5c4)ccc2-3)[nH]1)N(CCC#N)C(=O)[C@@H](NC(=O)OC)C(C)C. The molecule has 3 aromatic carbocycles. The number of ether oxygens (including phenoxy) is 2. The number of carbonyl (C=O) groups is 4. The molecule has 2 aromatic heterocycles. The van der Waals surface area contributed by atoms with E-state index in [2.05, 4.69) is 31.7 Å². The number of aromatic amines is 2. The second-order valence-corrected chi connectivity index (χ2v) is 18.4. The van der Waals surface area contributed by atoms with Gasteiger partial charge in [0.2, 0.25) is 11.8 Å². The van der Waals surface area contributed by atoms with E-state index in [9.17, 15) is 24.4 Å². The molecule has 1 aliphatic heterocycles. The van der Waals surface area contributed by atoms with Gasteiger partial charge in [-0.05, 0) is 89.5 Å². The van der Waals surface area contributed by atoms with E-state index in [0.29, 0.717) is 69.2 Å². The Morgan fingerprint density at radius 3 is 2.11 bits per heavy atom. The molecule has 2 fully saturated rings. The van der Waals surface area contributed by atoms with E-state index in [-0.39, 0.29) is 53.3 Å². The van der Waals surface area contributed by atoms with Crippen LogP contribution in [-0.4, -0.2) is 93.1 Å². The van der Waals surface area contributed by atoms with E-state index in [1.54, 1.807) is 38.2 Å². The maximum Gasteiger partial charge on any atom is 0.407 e. The van der Waals surface area contributed by atoms with Crippen LogP contribution in [0.3, 0.4) is 0 Å². The molecule has 2 aliphatic carbocycles. The number of nitrogens with one attached hydrogen (secondary N) is 4. The van der Waals surface area contributed by atoms with Gasteiger partial charge in [-0.2, -0.15) is 14.0 Å². The average molecular weight is 904 g/mol. The van der Waals surface area contributed by atoms with Crippen LogP contribution in [0.2, 0.25) is 0 Å². The van der Waals surface area contributed by atoms with Gasteiger partial charge in [-0.15, -0.1) is 0 Å². The van der Waals surface area contributed by atoms with Gasteiger partial charge in [0.1, 0.15) is 23.7 Å². The Balaban J connectivity index is 1.04. The molecule has 66 heavy (non-hydrogen) atoms. The van der Waals surface area contributed by atoms with Crippen LogP contribution in [0, 0.1) is 28.6 Å². The maximum absolute atomic E-state index is 16.7. The molecule has 4 amide bonds. The smallest absolute Gasteiger partial charge is 0.407 e. The minimum Gasteiger partial charge on any atom is -0.453 e. The molecule has 1 spiro atoms. The van der Waals surface area contributed by atoms with Crippen molar-refractivity contribution in [3.8, 4) is 39.6 Å². The third kappa shape index (κ3) is 8.44. The molecule has 346 valence electrons. The molecular formula is C49H55F2N9O6. The first-order valence-electron chi connectivity index (χ1n) is 22.4. The van der Waals surface area contributed by atoms with Crippen LogP contribution >= 0.6 is 0 Å². The predicted molar refractivity (Wildman–Crippen MR) is 242 cm³/mol. The molecule has 1 saturated heterocycles. The number of imidazole rings is 2. The van der Waals surface area contributed by atoms with Gasteiger partial charge < -0.3 is 39.9 Å². The molecule has 15 nitrogen and oxygen atoms in total. The third-order valence-corrected chi connectivity index (χ3v) is 13.4. The summed E-state index contributed by atoms with van der Waals surface area (Å²) in [6.45, 7) is 9.87. The van der Waals surface area contributed by atoms with Crippen molar-refractivity contribution < 1.29 is 37.4 Å². The van der Waals surface area contributed by atoms with Gasteiger partial charge in [-0.1, -0.05) is 65.0 Å². The van der Waals surface area contributed by atoms with Crippen molar-refractivity contribution in [2.45, 2.75) is 96.8 Å². The number of nitrogens with zero attached hydrogens (tertiary/aromatic N) is 5. The Labute approximate surface area is 381 Å². The lowest BCUT2D eigenvalue weighted by molar-refractivity contribution is -0.137. The van der Waals surface area contributed by atoms with Gasteiger partial charge in [0.05, 0.1) is 61.7 Å². The van der Waals surface area contributed by atoms with Gasteiger partial charge in [-0.3, -0.25) is 9.59 Å². The van der Waals surface area contributed by atoms with Crippen LogP contribution in [0.25, 0.3) is 44.5 Å². The second-order valence-electron chi connectivity index (χ2n) is 18.4. The van der Waals surface area contributed by atoms with Crippen LogP contribution in [0.15, 0.2) is 60.8 Å². The van der Waals surface area contributed by atoms with Crippen molar-refractivity contribution in [3.63, 3.8) is 0 Å². The first kappa shape index (κ1) is 45.7. The minimum atomic E-state index is -3.33. The van der Waals surface area contributed by atoms with Crippen molar-refractivity contribution in [1.82, 2.24) is 40.4 Å². The van der Waals surface area contributed by atoms with E-state index in [1.807, 2.05) is 49.9 Å². The second kappa shape index (κ2) is 17.9. The van der Waals surface area contributed by atoms with Crippen LogP contribution < -0.4 is 10.6 Å². The lowest BCUT2D eigenvalue weighted by Gasteiger charge is -2.34. The fourth-order valence-electron chi connectivity index (χ4n) is 9.57. The summed E-state index contributed by atoms with van der Waals surface area (Å²) in [5.74, 6) is -3.34. The predicted octanol–water partition coefficient (Wildman–Crippen LogP) is 8.75. The molecule has 4 N–H and O–H groups in total. The number of nitriles is 1. The third-order valence-electron chi connectivity index (χ3n) is 13.4. The highest BCUT2D eigenvalue weighted by molar-refractivity contribution is 5.89. The van der Waals surface area contributed by atoms with Crippen molar-refractivity contribution >= 4 is 35.0 Å². The van der Waals surface area contributed by atoms with Crippen molar-refractivity contribution in [2.24, 2.45) is 17.3 Å². The molecule has 0 radical (unpaired) electrons. The van der Waals surface area contributed by atoms with Gasteiger partial charge in [0.15, 0.2) is 0 Å². The van der Waals surface area contributed by atoms with Crippen LogP contribution in [0.5, 0.6) is 0 Å². The number of likely N-dealkylation sites (tertiary alicyclic amines) is 1. The largest absolute Gasteiger partial charge is 0.453 e. The zero-order valence-corrected chi connectivity index (χ0v) is 38.1. The Bertz CT molecular complexity index is 2740. The average Bonchev–Trinajstić information content (AvgIpc) is 3.62. The topological polar surface area (TPSA) is 198 Å². The molecule has 0 unspecified atom stereocenters. The number of amides is 4. The number of hydrogen-bond donors (Lipinski definition) is 4. The van der Waals surface area contributed by atoms with Gasteiger partial charge in [0.25, 0.3) is 5.92 Å². The number of aromatic nitrogens is 4. The molecule has 17 heteroatoms. The number of halogens is 2. The highest BCUT2D eigenvalue weighted by atomic mass is 19.3. The molecule has 0 bridgehead atoms. The van der Waals surface area contributed by atoms with Gasteiger partial charge in [-0.25, -0.2) is 19.6 Å². The van der Waals surface area contributed by atoms with E-state index in [0.717, 1.165) is 19.3 Å². The summed E-state index contributed by atoms with van der Waals surface area (Å²) < 4.78 is 42.9. The quantitative estimate of drug-likeness (QED) is 0.0842. The number of carbonyl (C=O) groups excluding carboxylic acids is 4. The summed E-state index contributed by atoms with van der Waals surface area (Å²) >= 11 is 0. The molecule has 4 atom stereocenters. The Kier molecular flexibility index (Phi) is 12.4. The zero-order chi connectivity index (χ0) is 47.2. The Morgan fingerprint density at radius 2 is 1.50 bits per heavy atom. The summed E-state index contributed by atoms with van der Waals surface area (Å²) in [5.41, 5.74) is 4.27. The summed E-state index contributed by atoms with van der Waals surface area (Å²) in [6, 6.07) is 15.1. The van der Waals surface area contributed by atoms with Crippen molar-refractivity contribution in [1.29, 1.82) is 5.26 Å². The first-order valence-corrected chi connectivity index (χ1v) is 22.4. The standard InChI is InChI=1S/C49H55F2N9O6/c1-8-38(59(19-9-18-52)44(61)40(26(2)3)57-46(63)65-6)42-53-24-37(56-42)30-11-14-32-31-13-10-28(20-33(31)49(50,51)34(32)21-30)29-12-15-35-36(22-29)55-43(54-35)39-23-48(16-17-48)25-60(39)45(62)41(27(4)5)58-47(64)66-7/h10-15,20-22,24,26-27,38-41H,8-9,16-17,19,23,25H2,1-7H3,(H,53,56)(H,54,55)(H,57,63)(H,58,64)/t38-,39-,40-,41-/m0/s1. The highest BCUT2D eigenvalue weighted by Crippen LogP contribution is 2.58. The molecular weight excluding hydrogens is 849 g/mol.